The lowest BCUT2D eigenvalue weighted by atomic mass is 10.3. The van der Waals surface area contributed by atoms with E-state index in [0.717, 1.165) is 25.0 Å². The molecule has 0 aliphatic heterocycles. The van der Waals surface area contributed by atoms with Crippen molar-refractivity contribution in [2.75, 3.05) is 13.6 Å². The van der Waals surface area contributed by atoms with Gasteiger partial charge < -0.3 is 10.0 Å². The van der Waals surface area contributed by atoms with Crippen molar-refractivity contribution in [3.8, 4) is 0 Å². The van der Waals surface area contributed by atoms with E-state index in [1.807, 2.05) is 6.92 Å². The van der Waals surface area contributed by atoms with Gasteiger partial charge in [-0.05, 0) is 6.42 Å². The molecule has 0 unspecified atom stereocenters. The molecule has 0 radical (unpaired) electrons. The Morgan fingerprint density at radius 2 is 2.00 bits per heavy atom. The Hall–Kier alpha value is -1.32. The van der Waals surface area contributed by atoms with Crippen LogP contribution < -0.4 is 0 Å². The van der Waals surface area contributed by atoms with Crippen LogP contribution in [0.15, 0.2) is 12.2 Å². The highest BCUT2D eigenvalue weighted by molar-refractivity contribution is 5.93. The van der Waals surface area contributed by atoms with Crippen molar-refractivity contribution in [3.63, 3.8) is 0 Å². The molecule has 0 bridgehead atoms. The minimum atomic E-state index is -1.10. The van der Waals surface area contributed by atoms with Gasteiger partial charge in [-0.3, -0.25) is 4.79 Å². The van der Waals surface area contributed by atoms with Crippen LogP contribution in [0.5, 0.6) is 0 Å². The third-order valence-electron chi connectivity index (χ3n) is 1.59. The van der Waals surface area contributed by atoms with Gasteiger partial charge in [0.25, 0.3) is 0 Å². The smallest absolute Gasteiger partial charge is 0.328 e. The van der Waals surface area contributed by atoms with Crippen molar-refractivity contribution >= 4 is 11.9 Å². The number of hydrogen-bond acceptors (Lipinski definition) is 2. The molecule has 0 spiro atoms. The molecule has 4 heteroatoms. The summed E-state index contributed by atoms with van der Waals surface area (Å²) in [7, 11) is 1.66. The van der Waals surface area contributed by atoms with Crippen LogP contribution in [-0.4, -0.2) is 35.5 Å². The largest absolute Gasteiger partial charge is 0.478 e. The molecule has 4 nitrogen and oxygen atoms in total. The van der Waals surface area contributed by atoms with Gasteiger partial charge in [-0.15, -0.1) is 0 Å². The Labute approximate surface area is 77.8 Å². The van der Waals surface area contributed by atoms with E-state index in [9.17, 15) is 9.59 Å². The number of carbonyl (C=O) groups excluding carboxylic acids is 1. The summed E-state index contributed by atoms with van der Waals surface area (Å²) in [5, 5.41) is 8.26. The van der Waals surface area contributed by atoms with Crippen LogP contribution in [-0.2, 0) is 9.59 Å². The molecule has 0 rings (SSSR count). The summed E-state index contributed by atoms with van der Waals surface area (Å²) in [5.74, 6) is -1.37. The number of rotatable bonds is 5. The van der Waals surface area contributed by atoms with E-state index < -0.39 is 5.97 Å². The number of carboxylic acids is 1. The van der Waals surface area contributed by atoms with E-state index in [1.165, 1.54) is 4.90 Å². The molecule has 1 N–H and O–H groups in total. The van der Waals surface area contributed by atoms with E-state index in [2.05, 4.69) is 0 Å². The number of nitrogens with zero attached hydrogens (tertiary/aromatic N) is 1. The maximum atomic E-state index is 11.1. The lowest BCUT2D eigenvalue weighted by Gasteiger charge is -2.13. The average Bonchev–Trinajstić information content (AvgIpc) is 2.10. The molecular formula is C9H15NO3. The quantitative estimate of drug-likeness (QED) is 0.647. The molecule has 0 atom stereocenters. The summed E-state index contributed by atoms with van der Waals surface area (Å²) in [5.41, 5.74) is 0. The van der Waals surface area contributed by atoms with Crippen LogP contribution in [0.1, 0.15) is 19.8 Å². The second kappa shape index (κ2) is 6.22. The molecular weight excluding hydrogens is 170 g/mol. The van der Waals surface area contributed by atoms with Crippen LogP contribution in [0.4, 0.5) is 0 Å². The first-order valence-electron chi connectivity index (χ1n) is 4.24. The maximum absolute atomic E-state index is 11.1. The minimum absolute atomic E-state index is 0.268. The van der Waals surface area contributed by atoms with Gasteiger partial charge in [0, 0.05) is 25.7 Å². The number of carbonyl (C=O) groups is 2. The van der Waals surface area contributed by atoms with Gasteiger partial charge in [-0.2, -0.15) is 0 Å². The van der Waals surface area contributed by atoms with Gasteiger partial charge in [0.1, 0.15) is 0 Å². The summed E-state index contributed by atoms with van der Waals surface area (Å²) < 4.78 is 0. The minimum Gasteiger partial charge on any atom is -0.478 e. The van der Waals surface area contributed by atoms with Gasteiger partial charge in [0.05, 0.1) is 0 Å². The fourth-order valence-corrected chi connectivity index (χ4v) is 0.775. The fourth-order valence-electron chi connectivity index (χ4n) is 0.775. The summed E-state index contributed by atoms with van der Waals surface area (Å²) in [6, 6.07) is 0. The second-order valence-corrected chi connectivity index (χ2v) is 2.78. The first-order chi connectivity index (χ1) is 6.07. The topological polar surface area (TPSA) is 57.6 Å². The van der Waals surface area contributed by atoms with E-state index in [4.69, 9.17) is 5.11 Å². The summed E-state index contributed by atoms with van der Waals surface area (Å²) in [6.45, 7) is 2.70. The van der Waals surface area contributed by atoms with Gasteiger partial charge in [-0.1, -0.05) is 13.3 Å². The fraction of sp³-hybridized carbons (Fsp3) is 0.556. The molecule has 74 valence electrons. The monoisotopic (exact) mass is 185 g/mol. The molecule has 0 aromatic heterocycles. The third-order valence-corrected chi connectivity index (χ3v) is 1.59. The van der Waals surface area contributed by atoms with E-state index in [-0.39, 0.29) is 5.91 Å². The Bertz CT molecular complexity index is 211. The number of unbranched alkanes of at least 4 members (excludes halogenated alkanes) is 1. The van der Waals surface area contributed by atoms with Gasteiger partial charge in [0.15, 0.2) is 0 Å². The van der Waals surface area contributed by atoms with Crippen molar-refractivity contribution in [2.45, 2.75) is 19.8 Å². The molecule has 0 saturated heterocycles. The van der Waals surface area contributed by atoms with Crippen LogP contribution in [0.3, 0.4) is 0 Å². The second-order valence-electron chi connectivity index (χ2n) is 2.78. The predicted molar refractivity (Wildman–Crippen MR) is 49.3 cm³/mol. The SMILES string of the molecule is CCCCN(C)C(=O)/C=C/C(=O)O. The zero-order valence-electron chi connectivity index (χ0n) is 7.99. The summed E-state index contributed by atoms with van der Waals surface area (Å²) in [4.78, 5) is 22.7. The molecule has 1 amide bonds. The van der Waals surface area contributed by atoms with Crippen LogP contribution in [0.25, 0.3) is 0 Å². The molecule has 0 heterocycles. The van der Waals surface area contributed by atoms with Crippen LogP contribution >= 0.6 is 0 Å². The third kappa shape index (κ3) is 5.90. The lowest BCUT2D eigenvalue weighted by Crippen LogP contribution is -2.25. The van der Waals surface area contributed by atoms with Crippen LogP contribution in [0, 0.1) is 0 Å². The highest BCUT2D eigenvalue weighted by Gasteiger charge is 2.03. The standard InChI is InChI=1S/C9H15NO3/c1-3-4-7-10(2)8(11)5-6-9(12)13/h5-6H,3-4,7H2,1-2H3,(H,12,13)/b6-5+. The number of aliphatic carboxylic acids is 1. The molecule has 0 aliphatic rings. The van der Waals surface area contributed by atoms with E-state index in [0.29, 0.717) is 6.54 Å². The first-order valence-corrected chi connectivity index (χ1v) is 4.24. The van der Waals surface area contributed by atoms with Crippen molar-refractivity contribution in [1.29, 1.82) is 0 Å². The highest BCUT2D eigenvalue weighted by atomic mass is 16.4. The average molecular weight is 185 g/mol. The number of carboxylic acid groups (broad SMARTS) is 1. The molecule has 13 heavy (non-hydrogen) atoms. The molecule has 0 aromatic carbocycles. The Morgan fingerprint density at radius 3 is 2.46 bits per heavy atom. The number of likely N-dealkylation sites (N-methyl/N-ethyl adjacent to an activating group) is 1. The highest BCUT2D eigenvalue weighted by Crippen LogP contribution is 1.93. The van der Waals surface area contributed by atoms with E-state index in [1.54, 1.807) is 7.05 Å². The summed E-state index contributed by atoms with van der Waals surface area (Å²) >= 11 is 0. The number of amides is 1. The Morgan fingerprint density at radius 1 is 1.38 bits per heavy atom. The van der Waals surface area contributed by atoms with E-state index >= 15 is 0 Å². The molecule has 0 saturated carbocycles. The summed E-state index contributed by atoms with van der Waals surface area (Å²) in [6.07, 6.45) is 3.87. The van der Waals surface area contributed by atoms with Gasteiger partial charge >= 0.3 is 5.97 Å². The van der Waals surface area contributed by atoms with Crippen molar-refractivity contribution in [3.05, 3.63) is 12.2 Å². The predicted octanol–water partition coefficient (Wildman–Crippen LogP) is 0.886. The maximum Gasteiger partial charge on any atom is 0.328 e. The van der Waals surface area contributed by atoms with Gasteiger partial charge in [0.2, 0.25) is 5.91 Å². The molecule has 0 fully saturated rings. The first kappa shape index (κ1) is 11.7. The zero-order chi connectivity index (χ0) is 10.3. The van der Waals surface area contributed by atoms with Crippen molar-refractivity contribution in [1.82, 2.24) is 4.90 Å². The Balaban J connectivity index is 3.89. The zero-order valence-corrected chi connectivity index (χ0v) is 7.99. The van der Waals surface area contributed by atoms with Gasteiger partial charge in [-0.25, -0.2) is 4.79 Å². The molecule has 0 aliphatic carbocycles. The van der Waals surface area contributed by atoms with Crippen molar-refractivity contribution in [2.24, 2.45) is 0 Å². The lowest BCUT2D eigenvalue weighted by molar-refractivity contribution is -0.132. The van der Waals surface area contributed by atoms with Crippen molar-refractivity contribution < 1.29 is 14.7 Å². The normalized spacial score (nSPS) is 10.3. The Kier molecular flexibility index (Phi) is 5.59. The molecule has 0 aromatic rings. The van der Waals surface area contributed by atoms with Crippen LogP contribution in [0.2, 0.25) is 0 Å². The number of hydrogen-bond donors (Lipinski definition) is 1.